The van der Waals surface area contributed by atoms with E-state index in [-0.39, 0.29) is 6.03 Å². The molecule has 9 heteroatoms. The molecule has 37 heavy (non-hydrogen) atoms. The summed E-state index contributed by atoms with van der Waals surface area (Å²) in [4.78, 5) is 26.0. The summed E-state index contributed by atoms with van der Waals surface area (Å²) >= 11 is 0. The van der Waals surface area contributed by atoms with Crippen molar-refractivity contribution < 1.29 is 18.0 Å². The van der Waals surface area contributed by atoms with Crippen molar-refractivity contribution in [1.29, 1.82) is 0 Å². The highest BCUT2D eigenvalue weighted by Crippen LogP contribution is 2.35. The summed E-state index contributed by atoms with van der Waals surface area (Å²) < 4.78 is 39.8. The fourth-order valence-electron chi connectivity index (χ4n) is 4.32. The van der Waals surface area contributed by atoms with Crippen LogP contribution in [0.2, 0.25) is 0 Å². The van der Waals surface area contributed by atoms with Crippen LogP contribution in [0.3, 0.4) is 0 Å². The van der Waals surface area contributed by atoms with Gasteiger partial charge in [-0.05, 0) is 55.0 Å². The quantitative estimate of drug-likeness (QED) is 0.338. The van der Waals surface area contributed by atoms with Crippen molar-refractivity contribution in [2.75, 3.05) is 35.3 Å². The van der Waals surface area contributed by atoms with Crippen LogP contribution in [0.1, 0.15) is 12.0 Å². The molecule has 2 aromatic carbocycles. The number of rotatable bonds is 3. The number of anilines is 3. The lowest BCUT2D eigenvalue weighted by Crippen LogP contribution is -2.36. The molecule has 0 bridgehead atoms. The minimum absolute atomic E-state index is 0.327. The molecule has 0 radical (unpaired) electrons. The fraction of sp³-hybridized carbons (Fsp3) is 0.179. The van der Waals surface area contributed by atoms with E-state index in [9.17, 15) is 18.0 Å². The number of pyridine rings is 2. The van der Waals surface area contributed by atoms with Gasteiger partial charge < -0.3 is 10.2 Å². The molecule has 0 spiro atoms. The first-order chi connectivity index (χ1) is 17.8. The number of urea groups is 1. The van der Waals surface area contributed by atoms with E-state index in [4.69, 9.17) is 0 Å². The van der Waals surface area contributed by atoms with Crippen LogP contribution < -0.4 is 15.1 Å². The molecule has 5 rings (SSSR count). The van der Waals surface area contributed by atoms with Crippen molar-refractivity contribution in [2.45, 2.75) is 12.6 Å². The monoisotopic (exact) mass is 503 g/mol. The standard InChI is InChI=1S/C28H24F3N5O/c1-35-15-6-16-36(27(37)33-22-10-5-8-20(18-22)23-11-2-3-14-32-23)26-25(35)13-12-24(34-26)19-7-4-9-21(17-19)28(29,30)31/h2-5,7-14,17-18H,6,15-16H2,1H3,(H,33,37). The number of nitrogens with one attached hydrogen (secondary N) is 1. The number of halogens is 3. The van der Waals surface area contributed by atoms with Crippen LogP contribution in [-0.4, -0.2) is 36.1 Å². The van der Waals surface area contributed by atoms with Gasteiger partial charge >= 0.3 is 12.2 Å². The lowest BCUT2D eigenvalue weighted by molar-refractivity contribution is -0.137. The molecule has 1 aliphatic heterocycles. The van der Waals surface area contributed by atoms with Gasteiger partial charge in [0.1, 0.15) is 0 Å². The van der Waals surface area contributed by atoms with Crippen molar-refractivity contribution >= 4 is 23.2 Å². The molecule has 2 aromatic heterocycles. The van der Waals surface area contributed by atoms with Crippen LogP contribution in [0.25, 0.3) is 22.5 Å². The van der Waals surface area contributed by atoms with E-state index in [1.165, 1.54) is 6.07 Å². The van der Waals surface area contributed by atoms with Crippen LogP contribution in [0.15, 0.2) is 85.1 Å². The largest absolute Gasteiger partial charge is 0.416 e. The number of aromatic nitrogens is 2. The minimum Gasteiger partial charge on any atom is -0.372 e. The van der Waals surface area contributed by atoms with E-state index >= 15 is 0 Å². The van der Waals surface area contributed by atoms with Crippen LogP contribution in [0.5, 0.6) is 0 Å². The molecule has 0 fully saturated rings. The van der Waals surface area contributed by atoms with Crippen LogP contribution in [0, 0.1) is 0 Å². The molecule has 0 unspecified atom stereocenters. The maximum Gasteiger partial charge on any atom is 0.416 e. The summed E-state index contributed by atoms with van der Waals surface area (Å²) in [5.41, 5.74) is 2.91. The SMILES string of the molecule is CN1CCCN(C(=O)Nc2cccc(-c3ccccn3)c2)c2nc(-c3cccc(C(F)(F)F)c3)ccc21. The first-order valence-corrected chi connectivity index (χ1v) is 11.8. The lowest BCUT2D eigenvalue weighted by atomic mass is 10.1. The normalized spacial score (nSPS) is 13.6. The zero-order chi connectivity index (χ0) is 26.0. The number of nitrogens with zero attached hydrogens (tertiary/aromatic N) is 4. The Bertz CT molecular complexity index is 1430. The summed E-state index contributed by atoms with van der Waals surface area (Å²) in [6, 6.07) is 21.2. The molecule has 0 saturated heterocycles. The molecule has 4 aromatic rings. The van der Waals surface area contributed by atoms with Crippen molar-refractivity contribution in [3.8, 4) is 22.5 Å². The van der Waals surface area contributed by atoms with Gasteiger partial charge in [-0.2, -0.15) is 13.2 Å². The number of carbonyl (C=O) groups excluding carboxylic acids is 1. The Hall–Kier alpha value is -4.40. The van der Waals surface area contributed by atoms with Gasteiger partial charge in [-0.15, -0.1) is 0 Å². The molecule has 1 N–H and O–H groups in total. The van der Waals surface area contributed by atoms with Gasteiger partial charge in [0, 0.05) is 43.1 Å². The number of amides is 2. The number of benzene rings is 2. The van der Waals surface area contributed by atoms with Crippen LogP contribution in [-0.2, 0) is 6.18 Å². The molecular formula is C28H24F3N5O. The summed E-state index contributed by atoms with van der Waals surface area (Å²) in [6.45, 7) is 1.11. The second-order valence-corrected chi connectivity index (χ2v) is 8.77. The highest BCUT2D eigenvalue weighted by molar-refractivity contribution is 6.03. The molecule has 188 valence electrons. The third kappa shape index (κ3) is 5.25. The van der Waals surface area contributed by atoms with Gasteiger partial charge in [0.25, 0.3) is 0 Å². The van der Waals surface area contributed by atoms with Gasteiger partial charge in [-0.1, -0.05) is 30.3 Å². The third-order valence-electron chi connectivity index (χ3n) is 6.20. The molecule has 1 aliphatic rings. The Morgan fingerprint density at radius 3 is 2.43 bits per heavy atom. The summed E-state index contributed by atoms with van der Waals surface area (Å²) in [7, 11) is 1.90. The summed E-state index contributed by atoms with van der Waals surface area (Å²) in [5, 5.41) is 2.95. The molecule has 0 saturated carbocycles. The molecule has 0 aliphatic carbocycles. The Labute approximate surface area is 212 Å². The number of fused-ring (bicyclic) bond motifs is 1. The Balaban J connectivity index is 1.47. The highest BCUT2D eigenvalue weighted by atomic mass is 19.4. The molecular weight excluding hydrogens is 479 g/mol. The summed E-state index contributed by atoms with van der Waals surface area (Å²) in [6.07, 6.45) is -2.05. The van der Waals surface area contributed by atoms with E-state index in [2.05, 4.69) is 15.3 Å². The zero-order valence-corrected chi connectivity index (χ0v) is 20.0. The van der Waals surface area contributed by atoms with Crippen molar-refractivity contribution in [3.63, 3.8) is 0 Å². The van der Waals surface area contributed by atoms with E-state index in [1.54, 1.807) is 35.4 Å². The highest BCUT2D eigenvalue weighted by Gasteiger charge is 2.31. The Morgan fingerprint density at radius 1 is 0.892 bits per heavy atom. The number of alkyl halides is 3. The van der Waals surface area contributed by atoms with Crippen molar-refractivity contribution in [3.05, 3.63) is 90.6 Å². The zero-order valence-electron chi connectivity index (χ0n) is 20.0. The fourth-order valence-corrected chi connectivity index (χ4v) is 4.32. The molecule has 2 amide bonds. The van der Waals surface area contributed by atoms with Crippen molar-refractivity contribution in [1.82, 2.24) is 9.97 Å². The molecule has 6 nitrogen and oxygen atoms in total. The molecule has 3 heterocycles. The van der Waals surface area contributed by atoms with Gasteiger partial charge in [0.05, 0.1) is 22.6 Å². The van der Waals surface area contributed by atoms with Crippen LogP contribution >= 0.6 is 0 Å². The maximum atomic E-state index is 13.5. The van der Waals surface area contributed by atoms with Crippen LogP contribution in [0.4, 0.5) is 35.2 Å². The van der Waals surface area contributed by atoms with E-state index < -0.39 is 11.7 Å². The first kappa shape index (κ1) is 24.3. The minimum atomic E-state index is -4.46. The van der Waals surface area contributed by atoms with E-state index in [0.29, 0.717) is 42.3 Å². The summed E-state index contributed by atoms with van der Waals surface area (Å²) in [5.74, 6) is 0.397. The Kier molecular flexibility index (Phi) is 6.52. The number of hydrogen-bond donors (Lipinski definition) is 1. The average Bonchev–Trinajstić information content (AvgIpc) is 3.07. The lowest BCUT2D eigenvalue weighted by Gasteiger charge is -2.24. The number of hydrogen-bond acceptors (Lipinski definition) is 4. The molecule has 0 atom stereocenters. The third-order valence-corrected chi connectivity index (χ3v) is 6.20. The topological polar surface area (TPSA) is 61.4 Å². The van der Waals surface area contributed by atoms with Gasteiger partial charge in [0.15, 0.2) is 5.82 Å². The van der Waals surface area contributed by atoms with Gasteiger partial charge in [-0.25, -0.2) is 9.78 Å². The predicted molar refractivity (Wildman–Crippen MR) is 139 cm³/mol. The van der Waals surface area contributed by atoms with E-state index in [1.807, 2.05) is 48.3 Å². The van der Waals surface area contributed by atoms with Gasteiger partial charge in [0.2, 0.25) is 0 Å². The second kappa shape index (κ2) is 9.93. The Morgan fingerprint density at radius 2 is 1.68 bits per heavy atom. The first-order valence-electron chi connectivity index (χ1n) is 11.8. The second-order valence-electron chi connectivity index (χ2n) is 8.77. The smallest absolute Gasteiger partial charge is 0.372 e. The predicted octanol–water partition coefficient (Wildman–Crippen LogP) is 6.71. The van der Waals surface area contributed by atoms with Gasteiger partial charge in [-0.3, -0.25) is 9.88 Å². The van der Waals surface area contributed by atoms with E-state index in [0.717, 1.165) is 29.1 Å². The number of carbonyl (C=O) groups is 1. The van der Waals surface area contributed by atoms with Crippen molar-refractivity contribution in [2.24, 2.45) is 0 Å². The maximum absolute atomic E-state index is 13.5. The average molecular weight is 504 g/mol.